The summed E-state index contributed by atoms with van der Waals surface area (Å²) in [6, 6.07) is 0. The predicted molar refractivity (Wildman–Crippen MR) is 57.1 cm³/mol. The first-order chi connectivity index (χ1) is 6.52. The van der Waals surface area contributed by atoms with Crippen LogP contribution in [0.15, 0.2) is 23.8 Å². The third-order valence-corrected chi connectivity index (χ3v) is 2.62. The van der Waals surface area contributed by atoms with Gasteiger partial charge in [0.05, 0.1) is 5.41 Å². The van der Waals surface area contributed by atoms with Crippen LogP contribution in [0.2, 0.25) is 0 Å². The minimum absolute atomic E-state index is 0.613. The van der Waals surface area contributed by atoms with E-state index in [0.29, 0.717) is 6.42 Å². The van der Waals surface area contributed by atoms with E-state index < -0.39 is 11.4 Å². The summed E-state index contributed by atoms with van der Waals surface area (Å²) in [7, 11) is 0. The SMILES string of the molecule is CC(C)(C/C=C1\C=CCCC1)C(=O)O. The van der Waals surface area contributed by atoms with E-state index in [-0.39, 0.29) is 0 Å². The van der Waals surface area contributed by atoms with Crippen molar-refractivity contribution in [3.05, 3.63) is 23.8 Å². The zero-order valence-electron chi connectivity index (χ0n) is 8.92. The third-order valence-electron chi connectivity index (χ3n) is 2.62. The zero-order chi connectivity index (χ0) is 10.6. The van der Waals surface area contributed by atoms with E-state index in [2.05, 4.69) is 18.2 Å². The van der Waals surface area contributed by atoms with Gasteiger partial charge in [0.15, 0.2) is 0 Å². The van der Waals surface area contributed by atoms with E-state index in [1.165, 1.54) is 12.0 Å². The van der Waals surface area contributed by atoms with Gasteiger partial charge in [-0.3, -0.25) is 4.79 Å². The van der Waals surface area contributed by atoms with Gasteiger partial charge in [0.1, 0.15) is 0 Å². The van der Waals surface area contributed by atoms with Crippen molar-refractivity contribution in [3.8, 4) is 0 Å². The maximum atomic E-state index is 10.8. The molecular weight excluding hydrogens is 176 g/mol. The monoisotopic (exact) mass is 194 g/mol. The van der Waals surface area contributed by atoms with Crippen LogP contribution >= 0.6 is 0 Å². The molecule has 78 valence electrons. The number of rotatable bonds is 3. The van der Waals surface area contributed by atoms with Gasteiger partial charge in [-0.05, 0) is 39.5 Å². The highest BCUT2D eigenvalue weighted by molar-refractivity contribution is 5.73. The summed E-state index contributed by atoms with van der Waals surface area (Å²) in [6.07, 6.45) is 10.4. The fourth-order valence-corrected chi connectivity index (χ4v) is 1.39. The molecule has 2 heteroatoms. The van der Waals surface area contributed by atoms with Crippen molar-refractivity contribution in [1.82, 2.24) is 0 Å². The maximum absolute atomic E-state index is 10.8. The topological polar surface area (TPSA) is 37.3 Å². The fraction of sp³-hybridized carbons (Fsp3) is 0.583. The van der Waals surface area contributed by atoms with E-state index in [9.17, 15) is 4.79 Å². The van der Waals surface area contributed by atoms with Crippen LogP contribution in [0.1, 0.15) is 39.5 Å². The van der Waals surface area contributed by atoms with Gasteiger partial charge in [-0.15, -0.1) is 0 Å². The molecule has 0 spiro atoms. The molecule has 1 rings (SSSR count). The molecular formula is C12H18O2. The van der Waals surface area contributed by atoms with Crippen LogP contribution in [0.4, 0.5) is 0 Å². The Bertz CT molecular complexity index is 272. The average Bonchev–Trinajstić information content (AvgIpc) is 2.16. The molecule has 0 aromatic rings. The fourth-order valence-electron chi connectivity index (χ4n) is 1.39. The number of allylic oxidation sites excluding steroid dienone is 4. The Morgan fingerprint density at radius 3 is 2.86 bits per heavy atom. The lowest BCUT2D eigenvalue weighted by atomic mass is 9.87. The van der Waals surface area contributed by atoms with Gasteiger partial charge in [0.2, 0.25) is 0 Å². The first kappa shape index (κ1) is 11.0. The molecule has 1 N–H and O–H groups in total. The van der Waals surface area contributed by atoms with Crippen molar-refractivity contribution < 1.29 is 9.90 Å². The van der Waals surface area contributed by atoms with E-state index >= 15 is 0 Å². The molecule has 0 radical (unpaired) electrons. The normalized spacial score (nSPS) is 20.0. The van der Waals surface area contributed by atoms with Gasteiger partial charge >= 0.3 is 5.97 Å². The highest BCUT2D eigenvalue weighted by Crippen LogP contribution is 2.24. The molecule has 0 fully saturated rings. The van der Waals surface area contributed by atoms with Gasteiger partial charge in [0, 0.05) is 0 Å². The Morgan fingerprint density at radius 2 is 2.36 bits per heavy atom. The second-order valence-corrected chi connectivity index (χ2v) is 4.47. The largest absolute Gasteiger partial charge is 0.481 e. The summed E-state index contributed by atoms with van der Waals surface area (Å²) in [6.45, 7) is 3.53. The van der Waals surface area contributed by atoms with Gasteiger partial charge in [-0.2, -0.15) is 0 Å². The molecule has 0 aliphatic heterocycles. The zero-order valence-corrected chi connectivity index (χ0v) is 8.92. The van der Waals surface area contributed by atoms with Crippen molar-refractivity contribution in [1.29, 1.82) is 0 Å². The predicted octanol–water partition coefficient (Wildman–Crippen LogP) is 3.15. The first-order valence-corrected chi connectivity index (χ1v) is 5.11. The Morgan fingerprint density at radius 1 is 1.64 bits per heavy atom. The van der Waals surface area contributed by atoms with E-state index in [1.54, 1.807) is 13.8 Å². The summed E-state index contributed by atoms with van der Waals surface area (Å²) in [5.74, 6) is -0.728. The number of aliphatic carboxylic acids is 1. The van der Waals surface area contributed by atoms with Gasteiger partial charge in [-0.25, -0.2) is 0 Å². The Balaban J connectivity index is 2.57. The van der Waals surface area contributed by atoms with Crippen LogP contribution in [0.3, 0.4) is 0 Å². The molecule has 14 heavy (non-hydrogen) atoms. The van der Waals surface area contributed by atoms with Crippen LogP contribution in [0, 0.1) is 5.41 Å². The molecule has 0 heterocycles. The molecule has 0 bridgehead atoms. The lowest BCUT2D eigenvalue weighted by Gasteiger charge is -2.17. The van der Waals surface area contributed by atoms with Crippen molar-refractivity contribution in [2.24, 2.45) is 5.41 Å². The van der Waals surface area contributed by atoms with Crippen molar-refractivity contribution in [3.63, 3.8) is 0 Å². The average molecular weight is 194 g/mol. The van der Waals surface area contributed by atoms with Gasteiger partial charge < -0.3 is 5.11 Å². The molecule has 0 saturated heterocycles. The van der Waals surface area contributed by atoms with Gasteiger partial charge in [0.25, 0.3) is 0 Å². The number of hydrogen-bond donors (Lipinski definition) is 1. The quantitative estimate of drug-likeness (QED) is 0.749. The molecule has 1 aliphatic carbocycles. The maximum Gasteiger partial charge on any atom is 0.309 e. The molecule has 0 unspecified atom stereocenters. The Labute approximate surface area is 85.3 Å². The Kier molecular flexibility index (Phi) is 3.50. The summed E-state index contributed by atoms with van der Waals surface area (Å²) >= 11 is 0. The lowest BCUT2D eigenvalue weighted by Crippen LogP contribution is -2.22. The second-order valence-electron chi connectivity index (χ2n) is 4.47. The number of carboxylic acids is 1. The molecule has 1 aliphatic rings. The van der Waals surface area contributed by atoms with Gasteiger partial charge in [-0.1, -0.05) is 23.8 Å². The summed E-state index contributed by atoms with van der Waals surface area (Å²) in [5.41, 5.74) is 0.642. The summed E-state index contributed by atoms with van der Waals surface area (Å²) in [4.78, 5) is 10.8. The van der Waals surface area contributed by atoms with Crippen LogP contribution in [-0.4, -0.2) is 11.1 Å². The standard InChI is InChI=1S/C12H18O2/c1-12(2,11(13)14)9-8-10-6-4-3-5-7-10/h4,6,8H,3,5,7,9H2,1-2H3,(H,13,14)/b10-8+. The third kappa shape index (κ3) is 3.02. The van der Waals surface area contributed by atoms with Crippen LogP contribution in [0.25, 0.3) is 0 Å². The molecule has 0 aromatic carbocycles. The molecule has 2 nitrogen and oxygen atoms in total. The second kappa shape index (κ2) is 4.45. The van der Waals surface area contributed by atoms with Crippen LogP contribution in [-0.2, 0) is 4.79 Å². The summed E-state index contributed by atoms with van der Waals surface area (Å²) in [5, 5.41) is 8.92. The summed E-state index contributed by atoms with van der Waals surface area (Å²) < 4.78 is 0. The van der Waals surface area contributed by atoms with Crippen LogP contribution in [0.5, 0.6) is 0 Å². The minimum atomic E-state index is -0.728. The van der Waals surface area contributed by atoms with E-state index in [1.807, 2.05) is 0 Å². The highest BCUT2D eigenvalue weighted by Gasteiger charge is 2.25. The van der Waals surface area contributed by atoms with Crippen molar-refractivity contribution >= 4 is 5.97 Å². The number of carbonyl (C=O) groups is 1. The molecule has 0 atom stereocenters. The Hall–Kier alpha value is -1.05. The first-order valence-electron chi connectivity index (χ1n) is 5.11. The van der Waals surface area contributed by atoms with Crippen molar-refractivity contribution in [2.75, 3.05) is 0 Å². The number of carboxylic acid groups (broad SMARTS) is 1. The molecule has 0 saturated carbocycles. The molecule has 0 amide bonds. The highest BCUT2D eigenvalue weighted by atomic mass is 16.4. The lowest BCUT2D eigenvalue weighted by molar-refractivity contribution is -0.146. The van der Waals surface area contributed by atoms with Crippen LogP contribution < -0.4 is 0 Å². The van der Waals surface area contributed by atoms with E-state index in [4.69, 9.17) is 5.11 Å². The smallest absolute Gasteiger partial charge is 0.309 e. The van der Waals surface area contributed by atoms with E-state index in [0.717, 1.165) is 12.8 Å². The molecule has 0 aromatic heterocycles. The minimum Gasteiger partial charge on any atom is -0.481 e. The number of hydrogen-bond acceptors (Lipinski definition) is 1. The van der Waals surface area contributed by atoms with Crippen molar-refractivity contribution in [2.45, 2.75) is 39.5 Å².